The van der Waals surface area contributed by atoms with Crippen molar-refractivity contribution < 1.29 is 9.90 Å². The molecule has 4 heterocycles. The summed E-state index contributed by atoms with van der Waals surface area (Å²) in [7, 11) is 0. The summed E-state index contributed by atoms with van der Waals surface area (Å²) in [5.74, 6) is 0.505. The van der Waals surface area contributed by atoms with Crippen molar-refractivity contribution in [2.24, 2.45) is 10.9 Å². The van der Waals surface area contributed by atoms with Crippen LogP contribution in [0.15, 0.2) is 41.5 Å². The summed E-state index contributed by atoms with van der Waals surface area (Å²) in [6.45, 7) is 10.6. The minimum atomic E-state index is -0.921. The lowest BCUT2D eigenvalue weighted by molar-refractivity contribution is -0.141. The first kappa shape index (κ1) is 23.0. The van der Waals surface area contributed by atoms with Crippen molar-refractivity contribution >= 4 is 34.5 Å². The molecule has 1 aliphatic rings. The van der Waals surface area contributed by atoms with Gasteiger partial charge in [-0.05, 0) is 52.3 Å². The van der Waals surface area contributed by atoms with Gasteiger partial charge in [-0.15, -0.1) is 21.5 Å². The predicted molar refractivity (Wildman–Crippen MR) is 136 cm³/mol. The molecule has 4 aromatic rings. The lowest BCUT2D eigenvalue weighted by Gasteiger charge is -2.16. The van der Waals surface area contributed by atoms with Crippen LogP contribution in [0.25, 0.3) is 5.00 Å². The predicted octanol–water partition coefficient (Wildman–Crippen LogP) is 4.83. The van der Waals surface area contributed by atoms with E-state index in [0.717, 1.165) is 45.5 Å². The highest BCUT2D eigenvalue weighted by Gasteiger charge is 2.36. The number of anilines is 2. The van der Waals surface area contributed by atoms with E-state index in [4.69, 9.17) is 4.99 Å². The second-order valence-corrected chi connectivity index (χ2v) is 9.89. The molecular weight excluding hydrogens is 462 g/mol. The van der Waals surface area contributed by atoms with Gasteiger partial charge in [0.1, 0.15) is 22.7 Å². The van der Waals surface area contributed by atoms with Crippen LogP contribution in [0.5, 0.6) is 0 Å². The molecule has 9 nitrogen and oxygen atoms in total. The van der Waals surface area contributed by atoms with Crippen molar-refractivity contribution in [3.63, 3.8) is 0 Å². The van der Waals surface area contributed by atoms with Crippen molar-refractivity contribution in [3.8, 4) is 5.00 Å². The third kappa shape index (κ3) is 3.83. The number of carbonyl (C=O) groups is 1. The van der Waals surface area contributed by atoms with Gasteiger partial charge in [0.25, 0.3) is 0 Å². The number of thiophene rings is 1. The van der Waals surface area contributed by atoms with Gasteiger partial charge in [-0.2, -0.15) is 5.10 Å². The van der Waals surface area contributed by atoms with Crippen molar-refractivity contribution in [1.82, 2.24) is 24.5 Å². The Labute approximate surface area is 207 Å². The molecule has 1 aromatic carbocycles. The van der Waals surface area contributed by atoms with E-state index in [9.17, 15) is 9.90 Å². The number of rotatable bonds is 6. The first-order valence-electron chi connectivity index (χ1n) is 11.5. The average molecular weight is 490 g/mol. The molecule has 0 spiro atoms. The average Bonchev–Trinajstić information content (AvgIpc) is 3.50. The fraction of sp³-hybridized carbons (Fsp3) is 0.320. The number of aromatic nitrogens is 5. The van der Waals surface area contributed by atoms with E-state index in [-0.39, 0.29) is 0 Å². The molecule has 2 N–H and O–H groups in total. The molecule has 0 saturated carbocycles. The van der Waals surface area contributed by atoms with E-state index in [2.05, 4.69) is 34.5 Å². The highest BCUT2D eigenvalue weighted by molar-refractivity contribution is 7.15. The number of hydrogen-bond donors (Lipinski definition) is 2. The smallest absolute Gasteiger partial charge is 0.308 e. The summed E-state index contributed by atoms with van der Waals surface area (Å²) in [5, 5.41) is 27.2. The van der Waals surface area contributed by atoms with E-state index in [1.807, 2.05) is 53.4 Å². The first-order valence-corrected chi connectivity index (χ1v) is 12.3. The number of carboxylic acids is 1. The third-order valence-electron chi connectivity index (χ3n) is 6.50. The molecule has 180 valence electrons. The summed E-state index contributed by atoms with van der Waals surface area (Å²) in [5.41, 5.74) is 4.75. The molecule has 10 heteroatoms. The van der Waals surface area contributed by atoms with Crippen LogP contribution in [0.1, 0.15) is 53.1 Å². The molecule has 0 fully saturated rings. The monoisotopic (exact) mass is 489 g/mol. The molecule has 35 heavy (non-hydrogen) atoms. The number of fused-ring (bicyclic) bond motifs is 3. The molecule has 0 radical (unpaired) electrons. The normalized spacial score (nSPS) is 15.7. The number of aliphatic imine (C=N–C) groups is 1. The van der Waals surface area contributed by atoms with Gasteiger partial charge >= 0.3 is 5.97 Å². The number of nitrogens with one attached hydrogen (secondary N) is 1. The molecular formula is C25H27N7O2S. The molecule has 1 aliphatic heterocycles. The molecule has 3 aromatic heterocycles. The molecule has 0 aliphatic carbocycles. The van der Waals surface area contributed by atoms with Gasteiger partial charge in [0.15, 0.2) is 5.82 Å². The van der Waals surface area contributed by atoms with Crippen LogP contribution in [0, 0.1) is 26.7 Å². The summed E-state index contributed by atoms with van der Waals surface area (Å²) >= 11 is 1.65. The molecule has 1 unspecified atom stereocenters. The lowest BCUT2D eigenvalue weighted by atomic mass is 9.98. The van der Waals surface area contributed by atoms with Gasteiger partial charge in [-0.25, -0.2) is 4.68 Å². The Balaban J connectivity index is 1.64. The second-order valence-electron chi connectivity index (χ2n) is 8.69. The van der Waals surface area contributed by atoms with Crippen molar-refractivity contribution in [1.29, 1.82) is 0 Å². The van der Waals surface area contributed by atoms with E-state index in [0.29, 0.717) is 11.6 Å². The van der Waals surface area contributed by atoms with Crippen LogP contribution in [-0.4, -0.2) is 41.3 Å². The number of aryl methyl sites for hydroxylation is 3. The molecule has 0 amide bonds. The van der Waals surface area contributed by atoms with E-state index >= 15 is 0 Å². The minimum absolute atomic E-state index is 0.556. The van der Waals surface area contributed by atoms with Gasteiger partial charge in [0.05, 0.1) is 17.8 Å². The van der Waals surface area contributed by atoms with Gasteiger partial charge in [0.2, 0.25) is 0 Å². The summed E-state index contributed by atoms with van der Waals surface area (Å²) in [6.07, 6.45) is 1.77. The number of hydrogen-bond acceptors (Lipinski definition) is 7. The fourth-order valence-electron chi connectivity index (χ4n) is 4.37. The Hall–Kier alpha value is -3.79. The topological polar surface area (TPSA) is 110 Å². The Morgan fingerprint density at radius 2 is 1.91 bits per heavy atom. The maximum absolute atomic E-state index is 12.0. The quantitative estimate of drug-likeness (QED) is 0.402. The Bertz CT molecular complexity index is 1450. The standard InChI is InChI=1S/C25H27N7O2S/c1-6-31-19(11-12-26-31)27-18-9-7-17(8-10-18)22-20-13(2)15(4)35-24(20)32-16(5)29-30-23(32)21(28-22)14(3)25(33)34/h7-12,14,21,27H,6H2,1-5H3,(H,33,34)/t14-,21?/m0/s1. The van der Waals surface area contributed by atoms with Crippen molar-refractivity contribution in [2.45, 2.75) is 47.2 Å². The van der Waals surface area contributed by atoms with Crippen LogP contribution < -0.4 is 5.32 Å². The fourth-order valence-corrected chi connectivity index (χ4v) is 5.58. The maximum atomic E-state index is 12.0. The Morgan fingerprint density at radius 1 is 1.17 bits per heavy atom. The zero-order valence-corrected chi connectivity index (χ0v) is 21.1. The van der Waals surface area contributed by atoms with Crippen LogP contribution in [0.2, 0.25) is 0 Å². The SMILES string of the molecule is CCn1nccc1Nc1ccc(C2=NC([C@H](C)C(=O)O)c3nnc(C)n3-c3sc(C)c(C)c32)cc1. The number of carboxylic acid groups (broad SMARTS) is 1. The van der Waals surface area contributed by atoms with E-state index in [1.54, 1.807) is 24.5 Å². The zero-order chi connectivity index (χ0) is 24.9. The Morgan fingerprint density at radius 3 is 2.60 bits per heavy atom. The van der Waals surface area contributed by atoms with E-state index in [1.165, 1.54) is 4.88 Å². The van der Waals surface area contributed by atoms with Gasteiger partial charge in [0, 0.05) is 34.3 Å². The molecule has 5 rings (SSSR count). The van der Waals surface area contributed by atoms with Gasteiger partial charge in [-0.1, -0.05) is 12.1 Å². The number of benzene rings is 1. The Kier molecular flexibility index (Phi) is 5.76. The molecule has 0 bridgehead atoms. The maximum Gasteiger partial charge on any atom is 0.308 e. The van der Waals surface area contributed by atoms with Crippen molar-refractivity contribution in [3.05, 3.63) is 69.7 Å². The first-order chi connectivity index (χ1) is 16.8. The largest absolute Gasteiger partial charge is 0.481 e. The number of aliphatic carboxylic acids is 1. The molecule has 2 atom stereocenters. The van der Waals surface area contributed by atoms with E-state index < -0.39 is 17.9 Å². The highest BCUT2D eigenvalue weighted by Crippen LogP contribution is 2.40. The highest BCUT2D eigenvalue weighted by atomic mass is 32.1. The van der Waals surface area contributed by atoms with Crippen LogP contribution >= 0.6 is 11.3 Å². The lowest BCUT2D eigenvalue weighted by Crippen LogP contribution is -2.21. The van der Waals surface area contributed by atoms with Crippen LogP contribution in [-0.2, 0) is 11.3 Å². The second kappa shape index (κ2) is 8.77. The van der Waals surface area contributed by atoms with Crippen molar-refractivity contribution in [2.75, 3.05) is 5.32 Å². The summed E-state index contributed by atoms with van der Waals surface area (Å²) < 4.78 is 3.87. The van der Waals surface area contributed by atoms with Crippen LogP contribution in [0.4, 0.5) is 11.5 Å². The summed E-state index contributed by atoms with van der Waals surface area (Å²) in [6, 6.07) is 9.32. The summed E-state index contributed by atoms with van der Waals surface area (Å²) in [4.78, 5) is 18.2. The van der Waals surface area contributed by atoms with Crippen LogP contribution in [0.3, 0.4) is 0 Å². The van der Waals surface area contributed by atoms with Gasteiger partial charge in [-0.3, -0.25) is 14.4 Å². The third-order valence-corrected chi connectivity index (χ3v) is 7.69. The molecule has 0 saturated heterocycles. The zero-order valence-electron chi connectivity index (χ0n) is 20.3. The minimum Gasteiger partial charge on any atom is -0.481 e. The van der Waals surface area contributed by atoms with Gasteiger partial charge < -0.3 is 10.4 Å². The number of nitrogens with zero attached hydrogens (tertiary/aromatic N) is 6.